The number of benzene rings is 1. The molecule has 0 spiro atoms. The van der Waals surface area contributed by atoms with Gasteiger partial charge in [0.15, 0.2) is 0 Å². The Hall–Kier alpha value is -2.15. The zero-order valence-electron chi connectivity index (χ0n) is 11.3. The Morgan fingerprint density at radius 3 is 2.85 bits per heavy atom. The summed E-state index contributed by atoms with van der Waals surface area (Å²) in [6.45, 7) is 1.18. The van der Waals surface area contributed by atoms with Crippen molar-refractivity contribution in [3.8, 4) is 0 Å². The molecule has 1 amide bonds. The molecule has 108 valence electrons. The molecule has 0 aliphatic heterocycles. The molecule has 1 aromatic carbocycles. The van der Waals surface area contributed by atoms with E-state index in [1.807, 2.05) is 7.05 Å². The maximum Gasteiger partial charge on any atom is 0.304 e. The first kappa shape index (κ1) is 14.3. The van der Waals surface area contributed by atoms with Gasteiger partial charge in [-0.05, 0) is 32.0 Å². The number of para-hydroxylation sites is 1. The van der Waals surface area contributed by atoms with Gasteiger partial charge >= 0.3 is 5.69 Å². The first-order valence-electron chi connectivity index (χ1n) is 6.52. The van der Waals surface area contributed by atoms with Crippen molar-refractivity contribution in [2.24, 2.45) is 0 Å². The van der Waals surface area contributed by atoms with Crippen molar-refractivity contribution < 1.29 is 9.72 Å². The molecule has 1 aromatic rings. The van der Waals surface area contributed by atoms with E-state index < -0.39 is 10.8 Å². The number of nitrogens with one attached hydrogen (secondary N) is 1. The molecule has 2 rings (SSSR count). The van der Waals surface area contributed by atoms with E-state index in [0.717, 1.165) is 6.54 Å². The van der Waals surface area contributed by atoms with E-state index in [9.17, 15) is 14.9 Å². The number of carbonyl (C=O) groups excluding carboxylic acids is 1. The van der Waals surface area contributed by atoms with Gasteiger partial charge in [0.05, 0.1) is 4.92 Å². The van der Waals surface area contributed by atoms with Gasteiger partial charge in [-0.15, -0.1) is 0 Å². The molecule has 1 saturated carbocycles. The number of nitrogens with two attached hydrogens (primary N) is 1. The van der Waals surface area contributed by atoms with Gasteiger partial charge in [0.25, 0.3) is 5.91 Å². The lowest BCUT2D eigenvalue weighted by atomic mass is 10.1. The molecule has 0 unspecified atom stereocenters. The van der Waals surface area contributed by atoms with Crippen LogP contribution in [-0.4, -0.2) is 41.9 Å². The van der Waals surface area contributed by atoms with Crippen LogP contribution >= 0.6 is 0 Å². The van der Waals surface area contributed by atoms with E-state index in [2.05, 4.69) is 10.2 Å². The summed E-state index contributed by atoms with van der Waals surface area (Å²) in [6, 6.07) is 4.98. The van der Waals surface area contributed by atoms with Gasteiger partial charge in [-0.1, -0.05) is 6.07 Å². The molecule has 7 nitrogen and oxygen atoms in total. The largest absolute Gasteiger partial charge is 0.393 e. The number of hydrogen-bond acceptors (Lipinski definition) is 5. The quantitative estimate of drug-likeness (QED) is 0.459. The van der Waals surface area contributed by atoms with Crippen molar-refractivity contribution in [2.75, 3.05) is 25.9 Å². The predicted octanol–water partition coefficient (Wildman–Crippen LogP) is 1.00. The van der Waals surface area contributed by atoms with Crippen LogP contribution in [-0.2, 0) is 0 Å². The van der Waals surface area contributed by atoms with E-state index in [1.54, 1.807) is 0 Å². The third-order valence-electron chi connectivity index (χ3n) is 3.41. The topological polar surface area (TPSA) is 102 Å². The van der Waals surface area contributed by atoms with Crippen LogP contribution in [0.2, 0.25) is 0 Å². The zero-order chi connectivity index (χ0) is 14.7. The first-order chi connectivity index (χ1) is 9.50. The smallest absolute Gasteiger partial charge is 0.304 e. The van der Waals surface area contributed by atoms with Crippen molar-refractivity contribution in [3.63, 3.8) is 0 Å². The fourth-order valence-corrected chi connectivity index (χ4v) is 2.09. The molecule has 7 heteroatoms. The molecule has 3 N–H and O–H groups in total. The van der Waals surface area contributed by atoms with Crippen LogP contribution in [0.1, 0.15) is 23.2 Å². The molecule has 0 radical (unpaired) electrons. The van der Waals surface area contributed by atoms with Crippen molar-refractivity contribution >= 4 is 17.3 Å². The lowest BCUT2D eigenvalue weighted by Crippen LogP contribution is -2.34. The number of nitro groups is 1. The van der Waals surface area contributed by atoms with E-state index >= 15 is 0 Å². The average Bonchev–Trinajstić information content (AvgIpc) is 3.21. The molecule has 0 bridgehead atoms. The molecular weight excluding hydrogens is 260 g/mol. The average molecular weight is 278 g/mol. The zero-order valence-corrected chi connectivity index (χ0v) is 11.3. The van der Waals surface area contributed by atoms with Gasteiger partial charge in [-0.25, -0.2) is 0 Å². The second-order valence-electron chi connectivity index (χ2n) is 4.97. The summed E-state index contributed by atoms with van der Waals surface area (Å²) in [5, 5.41) is 13.7. The SMILES string of the molecule is CN(CCNC(=O)c1cccc(N)c1[N+](=O)[O-])C1CC1. The molecule has 0 saturated heterocycles. The number of anilines is 1. The fraction of sp³-hybridized carbons (Fsp3) is 0.462. The first-order valence-corrected chi connectivity index (χ1v) is 6.52. The van der Waals surface area contributed by atoms with Crippen molar-refractivity contribution in [2.45, 2.75) is 18.9 Å². The van der Waals surface area contributed by atoms with Crippen molar-refractivity contribution in [1.82, 2.24) is 10.2 Å². The monoisotopic (exact) mass is 278 g/mol. The molecule has 20 heavy (non-hydrogen) atoms. The molecular formula is C13H18N4O3. The van der Waals surface area contributed by atoms with Crippen molar-refractivity contribution in [3.05, 3.63) is 33.9 Å². The second kappa shape index (κ2) is 5.87. The number of nitrogen functional groups attached to an aromatic ring is 1. The summed E-state index contributed by atoms with van der Waals surface area (Å²) in [5.41, 5.74) is 5.22. The molecule has 1 aliphatic rings. The van der Waals surface area contributed by atoms with Gasteiger partial charge in [0.2, 0.25) is 0 Å². The van der Waals surface area contributed by atoms with Gasteiger partial charge in [0.1, 0.15) is 11.3 Å². The van der Waals surface area contributed by atoms with E-state index in [4.69, 9.17) is 5.73 Å². The molecule has 0 heterocycles. The lowest BCUT2D eigenvalue weighted by molar-refractivity contribution is -0.384. The van der Waals surface area contributed by atoms with Gasteiger partial charge < -0.3 is 16.0 Å². The van der Waals surface area contributed by atoms with E-state index in [-0.39, 0.29) is 16.9 Å². The van der Waals surface area contributed by atoms with Crippen LogP contribution in [0.5, 0.6) is 0 Å². The van der Waals surface area contributed by atoms with E-state index in [1.165, 1.54) is 31.0 Å². The minimum atomic E-state index is -0.624. The Morgan fingerprint density at radius 2 is 2.25 bits per heavy atom. The lowest BCUT2D eigenvalue weighted by Gasteiger charge is -2.15. The molecule has 1 aliphatic carbocycles. The number of likely N-dealkylation sites (N-methyl/N-ethyl adjacent to an activating group) is 1. The molecule has 0 aromatic heterocycles. The summed E-state index contributed by atoms with van der Waals surface area (Å²) in [4.78, 5) is 24.5. The molecule has 1 fully saturated rings. The Kier molecular flexibility index (Phi) is 4.19. The highest BCUT2D eigenvalue weighted by Crippen LogP contribution is 2.26. The van der Waals surface area contributed by atoms with Crippen LogP contribution in [0.15, 0.2) is 18.2 Å². The third kappa shape index (κ3) is 3.24. The van der Waals surface area contributed by atoms with Gasteiger partial charge in [-0.2, -0.15) is 0 Å². The number of rotatable bonds is 6. The third-order valence-corrected chi connectivity index (χ3v) is 3.41. The highest BCUT2D eigenvalue weighted by molar-refractivity contribution is 6.00. The standard InChI is InChI=1S/C13H18N4O3/c1-16(9-5-6-9)8-7-15-13(18)10-3-2-4-11(14)12(10)17(19)20/h2-4,9H,5-8,14H2,1H3,(H,15,18). The number of hydrogen-bond donors (Lipinski definition) is 2. The summed E-state index contributed by atoms with van der Waals surface area (Å²) in [5.74, 6) is -0.465. The maximum atomic E-state index is 12.0. The van der Waals surface area contributed by atoms with Crippen LogP contribution in [0.3, 0.4) is 0 Å². The highest BCUT2D eigenvalue weighted by Gasteiger charge is 2.26. The van der Waals surface area contributed by atoms with Gasteiger partial charge in [0, 0.05) is 19.1 Å². The Balaban J connectivity index is 1.98. The number of carbonyl (C=O) groups is 1. The number of nitro benzene ring substituents is 1. The normalized spacial score (nSPS) is 14.3. The molecule has 0 atom stereocenters. The van der Waals surface area contributed by atoms with Crippen LogP contribution in [0.25, 0.3) is 0 Å². The van der Waals surface area contributed by atoms with E-state index in [0.29, 0.717) is 12.6 Å². The van der Waals surface area contributed by atoms with Crippen LogP contribution < -0.4 is 11.1 Å². The minimum Gasteiger partial charge on any atom is -0.393 e. The van der Waals surface area contributed by atoms with Gasteiger partial charge in [-0.3, -0.25) is 14.9 Å². The van der Waals surface area contributed by atoms with Crippen LogP contribution in [0, 0.1) is 10.1 Å². The Morgan fingerprint density at radius 1 is 1.55 bits per heavy atom. The summed E-state index contributed by atoms with van der Waals surface area (Å²) in [6.07, 6.45) is 2.40. The Labute approximate surface area is 116 Å². The second-order valence-corrected chi connectivity index (χ2v) is 4.97. The highest BCUT2D eigenvalue weighted by atomic mass is 16.6. The summed E-state index contributed by atoms with van der Waals surface area (Å²) in [7, 11) is 2.01. The minimum absolute atomic E-state index is 0.00208. The maximum absolute atomic E-state index is 12.0. The Bertz CT molecular complexity index is 528. The summed E-state index contributed by atoms with van der Waals surface area (Å²) < 4.78 is 0. The van der Waals surface area contributed by atoms with Crippen molar-refractivity contribution in [1.29, 1.82) is 0 Å². The predicted molar refractivity (Wildman–Crippen MR) is 75.5 cm³/mol. The van der Waals surface area contributed by atoms with Crippen LogP contribution in [0.4, 0.5) is 11.4 Å². The number of amides is 1. The summed E-state index contributed by atoms with van der Waals surface area (Å²) >= 11 is 0. The number of nitrogens with zero attached hydrogens (tertiary/aromatic N) is 2. The fourth-order valence-electron chi connectivity index (χ4n) is 2.09.